The minimum absolute atomic E-state index is 0. The number of aliphatic hydroxyl groups is 1. The Morgan fingerprint density at radius 3 is 2.80 bits per heavy atom. The van der Waals surface area contributed by atoms with Crippen molar-refractivity contribution in [3.8, 4) is 5.75 Å². The van der Waals surface area contributed by atoms with Gasteiger partial charge in [-0.2, -0.15) is 0 Å². The van der Waals surface area contributed by atoms with Gasteiger partial charge in [0.1, 0.15) is 5.75 Å². The third-order valence-electron chi connectivity index (χ3n) is 3.15. The van der Waals surface area contributed by atoms with Crippen LogP contribution in [0.3, 0.4) is 0 Å². The van der Waals surface area contributed by atoms with Crippen LogP contribution in [0.5, 0.6) is 5.75 Å². The maximum atomic E-state index is 10.3. The summed E-state index contributed by atoms with van der Waals surface area (Å²) in [6.45, 7) is 6.22. The summed E-state index contributed by atoms with van der Waals surface area (Å²) in [4.78, 5) is 0. The van der Waals surface area contributed by atoms with Crippen LogP contribution < -0.4 is 10.1 Å². The van der Waals surface area contributed by atoms with Gasteiger partial charge in [0.2, 0.25) is 0 Å². The number of nitrogens with one attached hydrogen (secondary N) is 1. The molecule has 0 aromatic heterocycles. The molecule has 1 aliphatic heterocycles. The van der Waals surface area contributed by atoms with Crippen molar-refractivity contribution in [2.24, 2.45) is 0 Å². The molecule has 5 heteroatoms. The van der Waals surface area contributed by atoms with Crippen LogP contribution in [0.4, 0.5) is 0 Å². The summed E-state index contributed by atoms with van der Waals surface area (Å²) < 4.78 is 11.3. The van der Waals surface area contributed by atoms with Crippen molar-refractivity contribution in [3.63, 3.8) is 0 Å². The van der Waals surface area contributed by atoms with Crippen molar-refractivity contribution in [1.29, 1.82) is 0 Å². The van der Waals surface area contributed by atoms with Gasteiger partial charge in [-0.15, -0.1) is 12.4 Å². The van der Waals surface area contributed by atoms with Gasteiger partial charge in [0.25, 0.3) is 0 Å². The Morgan fingerprint density at radius 2 is 2.15 bits per heavy atom. The number of halogens is 1. The van der Waals surface area contributed by atoms with Gasteiger partial charge in [-0.1, -0.05) is 18.2 Å². The summed E-state index contributed by atoms with van der Waals surface area (Å²) in [6.07, 6.45) is 0.0337. The highest BCUT2D eigenvalue weighted by atomic mass is 35.5. The van der Waals surface area contributed by atoms with Gasteiger partial charge in [-0.25, -0.2) is 0 Å². The molecule has 0 saturated carbocycles. The molecule has 0 radical (unpaired) electrons. The molecule has 0 aliphatic carbocycles. The zero-order valence-corrected chi connectivity index (χ0v) is 12.9. The Labute approximate surface area is 126 Å². The molecule has 1 saturated heterocycles. The standard InChI is InChI=1S/C15H23NO3.ClH/c1-11(2)19-14-6-4-3-5-12(14)9-13(17)15-10-16-7-8-18-15;/h3-6,11,13,15-17H,7-10H2,1-2H3;1H/t13-,15?;/m1./s1. The van der Waals surface area contributed by atoms with Crippen LogP contribution in [-0.4, -0.2) is 43.1 Å². The van der Waals surface area contributed by atoms with E-state index in [4.69, 9.17) is 9.47 Å². The number of para-hydroxylation sites is 1. The van der Waals surface area contributed by atoms with E-state index in [9.17, 15) is 5.11 Å². The van der Waals surface area contributed by atoms with Crippen molar-refractivity contribution in [1.82, 2.24) is 5.32 Å². The second-order valence-electron chi connectivity index (χ2n) is 5.16. The van der Waals surface area contributed by atoms with Crippen LogP contribution in [0.15, 0.2) is 24.3 Å². The fourth-order valence-electron chi connectivity index (χ4n) is 2.23. The van der Waals surface area contributed by atoms with E-state index < -0.39 is 6.10 Å². The molecule has 2 rings (SSSR count). The van der Waals surface area contributed by atoms with E-state index in [1.165, 1.54) is 0 Å². The maximum absolute atomic E-state index is 10.3. The van der Waals surface area contributed by atoms with Crippen LogP contribution in [0.2, 0.25) is 0 Å². The smallest absolute Gasteiger partial charge is 0.122 e. The average Bonchev–Trinajstić information content (AvgIpc) is 2.41. The lowest BCUT2D eigenvalue weighted by Crippen LogP contribution is -2.45. The van der Waals surface area contributed by atoms with E-state index in [1.54, 1.807) is 0 Å². The van der Waals surface area contributed by atoms with Gasteiger partial charge < -0.3 is 19.9 Å². The number of hydrogen-bond acceptors (Lipinski definition) is 4. The summed E-state index contributed by atoms with van der Waals surface area (Å²) in [5, 5.41) is 13.5. The van der Waals surface area contributed by atoms with E-state index in [-0.39, 0.29) is 24.6 Å². The van der Waals surface area contributed by atoms with Crippen molar-refractivity contribution in [2.75, 3.05) is 19.7 Å². The van der Waals surface area contributed by atoms with Crippen LogP contribution >= 0.6 is 12.4 Å². The summed E-state index contributed by atoms with van der Waals surface area (Å²) in [6, 6.07) is 7.86. The van der Waals surface area contributed by atoms with E-state index in [0.29, 0.717) is 19.6 Å². The lowest BCUT2D eigenvalue weighted by molar-refractivity contribution is -0.0516. The van der Waals surface area contributed by atoms with Gasteiger partial charge in [-0.3, -0.25) is 0 Å². The molecule has 1 aliphatic rings. The first-order valence-corrected chi connectivity index (χ1v) is 6.91. The lowest BCUT2D eigenvalue weighted by Gasteiger charge is -2.28. The Kier molecular flexibility index (Phi) is 7.30. The molecule has 114 valence electrons. The first kappa shape index (κ1) is 17.2. The molecule has 2 atom stereocenters. The highest BCUT2D eigenvalue weighted by Gasteiger charge is 2.23. The van der Waals surface area contributed by atoms with Gasteiger partial charge >= 0.3 is 0 Å². The van der Waals surface area contributed by atoms with Gasteiger partial charge in [0.05, 0.1) is 24.9 Å². The monoisotopic (exact) mass is 301 g/mol. The van der Waals surface area contributed by atoms with Crippen LogP contribution in [-0.2, 0) is 11.2 Å². The number of aliphatic hydroxyl groups excluding tert-OH is 1. The van der Waals surface area contributed by atoms with Crippen molar-refractivity contribution >= 4 is 12.4 Å². The quantitative estimate of drug-likeness (QED) is 0.870. The largest absolute Gasteiger partial charge is 0.491 e. The Hall–Kier alpha value is -0.810. The minimum atomic E-state index is -0.510. The third-order valence-corrected chi connectivity index (χ3v) is 3.15. The molecule has 0 spiro atoms. The molecule has 1 aromatic carbocycles. The Balaban J connectivity index is 0.00000200. The van der Waals surface area contributed by atoms with Gasteiger partial charge in [0, 0.05) is 19.5 Å². The predicted octanol–water partition coefficient (Wildman–Crippen LogP) is 1.79. The topological polar surface area (TPSA) is 50.7 Å². The van der Waals surface area contributed by atoms with E-state index >= 15 is 0 Å². The summed E-state index contributed by atoms with van der Waals surface area (Å²) in [5.41, 5.74) is 1.03. The third kappa shape index (κ3) is 4.94. The number of rotatable bonds is 5. The predicted molar refractivity (Wildman–Crippen MR) is 81.8 cm³/mol. The molecule has 0 bridgehead atoms. The molecule has 1 fully saturated rings. The first-order valence-electron chi connectivity index (χ1n) is 6.91. The SMILES string of the molecule is CC(C)Oc1ccccc1C[C@@H](O)C1CNCCO1.Cl. The van der Waals surface area contributed by atoms with Crippen molar-refractivity contribution in [3.05, 3.63) is 29.8 Å². The first-order chi connectivity index (χ1) is 9.16. The second-order valence-corrected chi connectivity index (χ2v) is 5.16. The Morgan fingerprint density at radius 1 is 1.40 bits per heavy atom. The fraction of sp³-hybridized carbons (Fsp3) is 0.600. The van der Waals surface area contributed by atoms with Crippen LogP contribution in [0.25, 0.3) is 0 Å². The minimum Gasteiger partial charge on any atom is -0.491 e. The van der Waals surface area contributed by atoms with E-state index in [0.717, 1.165) is 17.9 Å². The molecular weight excluding hydrogens is 278 g/mol. The van der Waals surface area contributed by atoms with E-state index in [1.807, 2.05) is 38.1 Å². The molecule has 1 heterocycles. The summed E-state index contributed by atoms with van der Waals surface area (Å²) >= 11 is 0. The zero-order valence-electron chi connectivity index (χ0n) is 12.0. The van der Waals surface area contributed by atoms with Gasteiger partial charge in [-0.05, 0) is 25.5 Å². The molecule has 1 aromatic rings. The van der Waals surface area contributed by atoms with Crippen molar-refractivity contribution < 1.29 is 14.6 Å². The lowest BCUT2D eigenvalue weighted by atomic mass is 10.0. The van der Waals surface area contributed by atoms with E-state index in [2.05, 4.69) is 5.32 Å². The molecule has 20 heavy (non-hydrogen) atoms. The molecular formula is C15H24ClNO3. The number of morpholine rings is 1. The normalized spacial score (nSPS) is 20.3. The Bertz CT molecular complexity index is 394. The maximum Gasteiger partial charge on any atom is 0.122 e. The fourth-order valence-corrected chi connectivity index (χ4v) is 2.23. The molecule has 1 unspecified atom stereocenters. The molecule has 4 nitrogen and oxygen atoms in total. The van der Waals surface area contributed by atoms with Crippen LogP contribution in [0.1, 0.15) is 19.4 Å². The summed E-state index contributed by atoms with van der Waals surface area (Å²) in [5.74, 6) is 0.848. The molecule has 0 amide bonds. The average molecular weight is 302 g/mol. The van der Waals surface area contributed by atoms with Gasteiger partial charge in [0.15, 0.2) is 0 Å². The summed E-state index contributed by atoms with van der Waals surface area (Å²) in [7, 11) is 0. The van der Waals surface area contributed by atoms with Crippen molar-refractivity contribution in [2.45, 2.75) is 38.6 Å². The number of hydrogen-bond donors (Lipinski definition) is 2. The zero-order chi connectivity index (χ0) is 13.7. The number of ether oxygens (including phenoxy) is 2. The molecule has 2 N–H and O–H groups in total. The highest BCUT2D eigenvalue weighted by molar-refractivity contribution is 5.85. The highest BCUT2D eigenvalue weighted by Crippen LogP contribution is 2.22. The second kappa shape index (κ2) is 8.47. The van der Waals surface area contributed by atoms with Crippen LogP contribution in [0, 0.1) is 0 Å². The number of benzene rings is 1.